The minimum Gasteiger partial charge on any atom is -0.459 e. The van der Waals surface area contributed by atoms with E-state index < -0.39 is 17.1 Å². The predicted molar refractivity (Wildman–Crippen MR) is 123 cm³/mol. The number of hydrogen-bond acceptors (Lipinski definition) is 5. The van der Waals surface area contributed by atoms with Crippen molar-refractivity contribution < 1.29 is 24.2 Å². The van der Waals surface area contributed by atoms with Gasteiger partial charge < -0.3 is 14.6 Å². The minimum atomic E-state index is -1.04. The predicted octanol–water partition coefficient (Wildman–Crippen LogP) is 4.46. The average Bonchev–Trinajstić information content (AvgIpc) is 3.34. The molecule has 0 aromatic heterocycles. The van der Waals surface area contributed by atoms with Gasteiger partial charge in [-0.1, -0.05) is 26.8 Å². The van der Waals surface area contributed by atoms with E-state index in [-0.39, 0.29) is 46.6 Å². The van der Waals surface area contributed by atoms with Crippen molar-refractivity contribution in [2.75, 3.05) is 0 Å². The molecular weight excluding hydrogens is 416 g/mol. The standard InChI is InChI=1S/C28H40O5/c1-15-13-22(32-24(30)16(15)2)27(5,31)20-9-8-18-17-14-23-28(33-23)11-6-7-21(29)26(28,4)19(17)10-12-25(18,20)3/h6-7,15-20,22-23,31H,8-14H2,1-5H3/t15-,16+,17?,18?,19?,20-,22?,23+,25-,26-,27+,28+/m0/s1. The van der Waals surface area contributed by atoms with Crippen molar-refractivity contribution >= 4 is 11.8 Å². The molecule has 1 N–H and O–H groups in total. The first-order valence-electron chi connectivity index (χ1n) is 13.3. The van der Waals surface area contributed by atoms with Crippen molar-refractivity contribution in [3.63, 3.8) is 0 Å². The minimum absolute atomic E-state index is 0.0117. The zero-order valence-electron chi connectivity index (χ0n) is 20.8. The summed E-state index contributed by atoms with van der Waals surface area (Å²) in [4.78, 5) is 25.8. The van der Waals surface area contributed by atoms with E-state index in [0.717, 1.165) is 44.9 Å². The third-order valence-electron chi connectivity index (χ3n) is 12.0. The number of esters is 1. The largest absolute Gasteiger partial charge is 0.459 e. The fraction of sp³-hybridized carbons (Fsp3) is 0.857. The summed E-state index contributed by atoms with van der Waals surface area (Å²) < 4.78 is 12.2. The second kappa shape index (κ2) is 6.72. The summed E-state index contributed by atoms with van der Waals surface area (Å²) in [7, 11) is 0. The van der Waals surface area contributed by atoms with Crippen LogP contribution in [-0.2, 0) is 19.1 Å². The zero-order valence-corrected chi connectivity index (χ0v) is 20.8. The molecule has 2 aliphatic heterocycles. The molecule has 182 valence electrons. The van der Waals surface area contributed by atoms with Crippen molar-refractivity contribution in [1.29, 1.82) is 0 Å². The monoisotopic (exact) mass is 456 g/mol. The van der Waals surface area contributed by atoms with E-state index in [1.165, 1.54) is 0 Å². The van der Waals surface area contributed by atoms with Crippen LogP contribution in [0.1, 0.15) is 79.6 Å². The highest BCUT2D eigenvalue weighted by Crippen LogP contribution is 2.73. The second-order valence-electron chi connectivity index (χ2n) is 13.1. The third kappa shape index (κ3) is 2.62. The van der Waals surface area contributed by atoms with Crippen LogP contribution in [0.5, 0.6) is 0 Å². The summed E-state index contributed by atoms with van der Waals surface area (Å²) in [6.07, 6.45) is 10.3. The van der Waals surface area contributed by atoms with Gasteiger partial charge in [0.2, 0.25) is 0 Å². The summed E-state index contributed by atoms with van der Waals surface area (Å²) in [5.41, 5.74) is -1.73. The van der Waals surface area contributed by atoms with Crippen LogP contribution in [0.2, 0.25) is 0 Å². The van der Waals surface area contributed by atoms with Crippen LogP contribution in [0.25, 0.3) is 0 Å². The topological polar surface area (TPSA) is 76.1 Å². The van der Waals surface area contributed by atoms with E-state index in [0.29, 0.717) is 17.8 Å². The van der Waals surface area contributed by atoms with E-state index in [4.69, 9.17) is 9.47 Å². The molecule has 33 heavy (non-hydrogen) atoms. The summed E-state index contributed by atoms with van der Waals surface area (Å²) >= 11 is 0. The maximum atomic E-state index is 13.3. The van der Waals surface area contributed by atoms with Gasteiger partial charge in [-0.05, 0) is 99.9 Å². The number of carbonyl (C=O) groups is 2. The lowest BCUT2D eigenvalue weighted by Gasteiger charge is -2.58. The summed E-state index contributed by atoms with van der Waals surface area (Å²) in [6.45, 7) is 10.5. The highest BCUT2D eigenvalue weighted by Gasteiger charge is 2.77. The quantitative estimate of drug-likeness (QED) is 0.490. The zero-order chi connectivity index (χ0) is 23.6. The molecule has 1 spiro atoms. The van der Waals surface area contributed by atoms with Gasteiger partial charge in [-0.25, -0.2) is 0 Å². The number of allylic oxidation sites excluding steroid dienone is 1. The number of hydrogen-bond donors (Lipinski definition) is 1. The maximum Gasteiger partial charge on any atom is 0.309 e. The summed E-state index contributed by atoms with van der Waals surface area (Å²) in [6, 6.07) is 0. The molecule has 0 bridgehead atoms. The van der Waals surface area contributed by atoms with E-state index in [1.807, 2.05) is 26.0 Å². The fourth-order valence-corrected chi connectivity index (χ4v) is 9.72. The number of rotatable bonds is 2. The van der Waals surface area contributed by atoms with Gasteiger partial charge >= 0.3 is 5.97 Å². The highest BCUT2D eigenvalue weighted by molar-refractivity contribution is 5.97. The van der Waals surface area contributed by atoms with Crippen molar-refractivity contribution in [3.8, 4) is 0 Å². The first-order valence-corrected chi connectivity index (χ1v) is 13.3. The Morgan fingerprint density at radius 1 is 1.09 bits per heavy atom. The van der Waals surface area contributed by atoms with Gasteiger partial charge in [0.25, 0.3) is 0 Å². The molecule has 6 aliphatic rings. The van der Waals surface area contributed by atoms with Crippen LogP contribution in [0.15, 0.2) is 12.2 Å². The lowest BCUT2D eigenvalue weighted by atomic mass is 9.44. The van der Waals surface area contributed by atoms with E-state index in [1.54, 1.807) is 0 Å². The molecule has 5 fully saturated rings. The molecule has 2 saturated heterocycles. The molecular formula is C28H40O5. The Kier molecular flexibility index (Phi) is 4.54. The Morgan fingerprint density at radius 2 is 1.85 bits per heavy atom. The van der Waals surface area contributed by atoms with Gasteiger partial charge in [-0.15, -0.1) is 0 Å². The third-order valence-corrected chi connectivity index (χ3v) is 12.0. The highest BCUT2D eigenvalue weighted by atomic mass is 16.6. The second-order valence-corrected chi connectivity index (χ2v) is 13.1. The maximum absolute atomic E-state index is 13.3. The van der Waals surface area contributed by atoms with Crippen LogP contribution >= 0.6 is 0 Å². The smallest absolute Gasteiger partial charge is 0.309 e. The molecule has 0 amide bonds. The van der Waals surface area contributed by atoms with E-state index in [9.17, 15) is 14.7 Å². The number of carbonyl (C=O) groups excluding carboxylic acids is 2. The van der Waals surface area contributed by atoms with Crippen LogP contribution < -0.4 is 0 Å². The van der Waals surface area contributed by atoms with Crippen LogP contribution in [-0.4, -0.2) is 40.3 Å². The fourth-order valence-electron chi connectivity index (χ4n) is 9.72. The molecule has 0 aromatic rings. The number of fused-ring (bicyclic) bond motifs is 4. The molecule has 4 unspecified atom stereocenters. The van der Waals surface area contributed by atoms with Crippen molar-refractivity contribution in [1.82, 2.24) is 0 Å². The molecule has 5 nitrogen and oxygen atoms in total. The Balaban J connectivity index is 1.29. The number of ether oxygens (including phenoxy) is 2. The normalized spacial score (nSPS) is 56.7. The Bertz CT molecular complexity index is 923. The van der Waals surface area contributed by atoms with Crippen LogP contribution in [0.4, 0.5) is 0 Å². The Morgan fingerprint density at radius 3 is 2.58 bits per heavy atom. The van der Waals surface area contributed by atoms with Gasteiger partial charge in [0, 0.05) is 0 Å². The van der Waals surface area contributed by atoms with Crippen molar-refractivity contribution in [2.24, 2.45) is 46.3 Å². The molecule has 3 saturated carbocycles. The van der Waals surface area contributed by atoms with E-state index >= 15 is 0 Å². The number of ketones is 1. The first-order chi connectivity index (χ1) is 15.5. The number of cyclic esters (lactones) is 1. The lowest BCUT2D eigenvalue weighted by molar-refractivity contribution is -0.201. The molecule has 0 aromatic carbocycles. The average molecular weight is 457 g/mol. The summed E-state index contributed by atoms with van der Waals surface area (Å²) in [5, 5.41) is 11.9. The van der Waals surface area contributed by atoms with Crippen molar-refractivity contribution in [2.45, 2.75) is 103 Å². The Hall–Kier alpha value is -1.20. The summed E-state index contributed by atoms with van der Waals surface area (Å²) in [5.74, 6) is 1.57. The molecule has 2 heterocycles. The van der Waals surface area contributed by atoms with Crippen LogP contribution in [0, 0.1) is 46.3 Å². The van der Waals surface area contributed by atoms with Gasteiger partial charge in [-0.3, -0.25) is 9.59 Å². The van der Waals surface area contributed by atoms with Gasteiger partial charge in [-0.2, -0.15) is 0 Å². The van der Waals surface area contributed by atoms with Gasteiger partial charge in [0.05, 0.1) is 17.4 Å². The number of epoxide rings is 1. The molecule has 5 heteroatoms. The van der Waals surface area contributed by atoms with Crippen molar-refractivity contribution in [3.05, 3.63) is 12.2 Å². The van der Waals surface area contributed by atoms with E-state index in [2.05, 4.69) is 20.8 Å². The molecule has 12 atom stereocenters. The lowest BCUT2D eigenvalue weighted by Crippen LogP contribution is -2.61. The van der Waals surface area contributed by atoms with Crippen LogP contribution in [0.3, 0.4) is 0 Å². The molecule has 6 rings (SSSR count). The molecule has 0 radical (unpaired) electrons. The SMILES string of the molecule is C[C@H]1CC([C@](C)(O)[C@H]2CCC3C4C[C@H]5O[C@]56CC=CC(=O)[C@]6(C)C4CC[C@@]32C)OC(=O)[C@@H]1C. The molecule has 4 aliphatic carbocycles. The van der Waals surface area contributed by atoms with Gasteiger partial charge in [0.1, 0.15) is 17.3 Å². The Labute approximate surface area is 197 Å². The van der Waals surface area contributed by atoms with Gasteiger partial charge in [0.15, 0.2) is 5.78 Å². The number of aliphatic hydroxyl groups is 1. The first kappa shape index (κ1) is 22.3.